The molecule has 1 heterocycles. The molecule has 1 fully saturated rings. The van der Waals surface area contributed by atoms with Crippen LogP contribution in [0.3, 0.4) is 0 Å². The van der Waals surface area contributed by atoms with E-state index in [2.05, 4.69) is 36.2 Å². The molecule has 0 aromatic heterocycles. The Balaban J connectivity index is 1.59. The zero-order valence-electron chi connectivity index (χ0n) is 18.7. The van der Waals surface area contributed by atoms with Crippen molar-refractivity contribution < 1.29 is 13.2 Å². The molecule has 1 saturated heterocycles. The number of amides is 1. The number of nitrogens with zero attached hydrogens (tertiary/aromatic N) is 2. The number of rotatable bonds is 8. The summed E-state index contributed by atoms with van der Waals surface area (Å²) in [6.45, 7) is 6.46. The van der Waals surface area contributed by atoms with Crippen molar-refractivity contribution in [3.05, 3.63) is 59.7 Å². The Morgan fingerprint density at radius 3 is 2.16 bits per heavy atom. The molecule has 2 aromatic rings. The lowest BCUT2D eigenvalue weighted by atomic mass is 10.0. The summed E-state index contributed by atoms with van der Waals surface area (Å²) in [6, 6.07) is 15.5. The maximum Gasteiger partial charge on any atom is 0.241 e. The van der Waals surface area contributed by atoms with Gasteiger partial charge in [0.05, 0.1) is 11.9 Å². The molecule has 2 aromatic carbocycles. The highest BCUT2D eigenvalue weighted by Crippen LogP contribution is 2.22. The van der Waals surface area contributed by atoms with Crippen molar-refractivity contribution in [3.8, 4) is 0 Å². The topological polar surface area (TPSA) is 69.7 Å². The van der Waals surface area contributed by atoms with Gasteiger partial charge in [-0.25, -0.2) is 8.42 Å². The van der Waals surface area contributed by atoms with Gasteiger partial charge < -0.3 is 10.2 Å². The van der Waals surface area contributed by atoms with Gasteiger partial charge in [-0.2, -0.15) is 0 Å². The van der Waals surface area contributed by atoms with Gasteiger partial charge in [-0.15, -0.1) is 0 Å². The van der Waals surface area contributed by atoms with Crippen LogP contribution in [0.4, 0.5) is 11.4 Å². The van der Waals surface area contributed by atoms with Crippen molar-refractivity contribution in [2.45, 2.75) is 45.6 Å². The molecular formula is C24H33N3O3S. The van der Waals surface area contributed by atoms with Crippen LogP contribution in [0.1, 0.15) is 50.2 Å². The molecule has 0 saturated carbocycles. The second-order valence-electron chi connectivity index (χ2n) is 8.51. The quantitative estimate of drug-likeness (QED) is 0.672. The maximum atomic E-state index is 12.5. The minimum absolute atomic E-state index is 0.244. The fourth-order valence-electron chi connectivity index (χ4n) is 3.79. The molecular weight excluding hydrogens is 410 g/mol. The lowest BCUT2D eigenvalue weighted by Gasteiger charge is -2.28. The number of piperidine rings is 1. The number of carbonyl (C=O) groups is 1. The minimum Gasteiger partial charge on any atom is -0.372 e. The fraction of sp³-hybridized carbons (Fsp3) is 0.458. The molecule has 3 rings (SSSR count). The molecule has 1 amide bonds. The lowest BCUT2D eigenvalue weighted by Crippen LogP contribution is -2.40. The normalized spacial score (nSPS) is 14.5. The monoisotopic (exact) mass is 443 g/mol. The molecule has 168 valence electrons. The van der Waals surface area contributed by atoms with Crippen LogP contribution < -0.4 is 14.5 Å². The average molecular weight is 444 g/mol. The third-order valence-electron chi connectivity index (χ3n) is 5.68. The summed E-state index contributed by atoms with van der Waals surface area (Å²) in [7, 11) is -3.58. The summed E-state index contributed by atoms with van der Waals surface area (Å²) < 4.78 is 25.7. The van der Waals surface area contributed by atoms with Crippen LogP contribution in [-0.4, -0.2) is 40.2 Å². The number of hydrogen-bond donors (Lipinski definition) is 1. The summed E-state index contributed by atoms with van der Waals surface area (Å²) in [5, 5.41) is 2.84. The van der Waals surface area contributed by atoms with Crippen molar-refractivity contribution in [2.24, 2.45) is 0 Å². The van der Waals surface area contributed by atoms with Crippen molar-refractivity contribution in [1.82, 2.24) is 5.32 Å². The fourth-order valence-corrected chi connectivity index (χ4v) is 4.65. The van der Waals surface area contributed by atoms with Gasteiger partial charge in [0.2, 0.25) is 15.9 Å². The predicted molar refractivity (Wildman–Crippen MR) is 127 cm³/mol. The van der Waals surface area contributed by atoms with Crippen molar-refractivity contribution in [1.29, 1.82) is 0 Å². The molecule has 0 aliphatic carbocycles. The Hall–Kier alpha value is -2.54. The Morgan fingerprint density at radius 1 is 1.00 bits per heavy atom. The number of sulfonamides is 1. The van der Waals surface area contributed by atoms with E-state index in [1.165, 1.54) is 24.9 Å². The Morgan fingerprint density at radius 2 is 1.61 bits per heavy atom. The Kier molecular flexibility index (Phi) is 7.59. The van der Waals surface area contributed by atoms with E-state index >= 15 is 0 Å². The Labute approximate surface area is 186 Å². The highest BCUT2D eigenvalue weighted by molar-refractivity contribution is 7.92. The molecule has 0 atom stereocenters. The zero-order chi connectivity index (χ0) is 22.4. The zero-order valence-corrected chi connectivity index (χ0v) is 19.5. The van der Waals surface area contributed by atoms with Gasteiger partial charge in [-0.3, -0.25) is 9.10 Å². The minimum atomic E-state index is -3.58. The number of carbonyl (C=O) groups excluding carboxylic acids is 1. The molecule has 7 heteroatoms. The number of hydrogen-bond acceptors (Lipinski definition) is 4. The highest BCUT2D eigenvalue weighted by Gasteiger charge is 2.21. The van der Waals surface area contributed by atoms with Crippen molar-refractivity contribution in [3.63, 3.8) is 0 Å². The van der Waals surface area contributed by atoms with Gasteiger partial charge in [0.25, 0.3) is 0 Å². The van der Waals surface area contributed by atoms with E-state index in [4.69, 9.17) is 0 Å². The van der Waals surface area contributed by atoms with E-state index in [0.29, 0.717) is 18.2 Å². The summed E-state index contributed by atoms with van der Waals surface area (Å²) in [6.07, 6.45) is 4.88. The Bertz CT molecular complexity index is 964. The number of anilines is 2. The predicted octanol–water partition coefficient (Wildman–Crippen LogP) is 3.88. The van der Waals surface area contributed by atoms with Crippen LogP contribution in [0.2, 0.25) is 0 Å². The van der Waals surface area contributed by atoms with Crippen LogP contribution in [0, 0.1) is 0 Å². The van der Waals surface area contributed by atoms with Gasteiger partial charge in [0.1, 0.15) is 6.54 Å². The molecule has 31 heavy (non-hydrogen) atoms. The highest BCUT2D eigenvalue weighted by atomic mass is 32.2. The van der Waals surface area contributed by atoms with E-state index in [-0.39, 0.29) is 12.5 Å². The van der Waals surface area contributed by atoms with E-state index in [0.717, 1.165) is 34.8 Å². The summed E-state index contributed by atoms with van der Waals surface area (Å²) in [5.74, 6) is 0.0174. The second kappa shape index (κ2) is 10.2. The first-order valence-corrected chi connectivity index (χ1v) is 12.8. The van der Waals surface area contributed by atoms with Crippen molar-refractivity contribution in [2.75, 3.05) is 35.1 Å². The number of nitrogens with one attached hydrogen (secondary N) is 1. The summed E-state index contributed by atoms with van der Waals surface area (Å²) in [4.78, 5) is 14.9. The molecule has 6 nitrogen and oxygen atoms in total. The van der Waals surface area contributed by atoms with Crippen LogP contribution >= 0.6 is 0 Å². The smallest absolute Gasteiger partial charge is 0.241 e. The molecule has 1 aliphatic heterocycles. The van der Waals surface area contributed by atoms with E-state index in [9.17, 15) is 13.2 Å². The summed E-state index contributed by atoms with van der Waals surface area (Å²) >= 11 is 0. The second-order valence-corrected chi connectivity index (χ2v) is 10.4. The van der Waals surface area contributed by atoms with Crippen LogP contribution in [0.25, 0.3) is 0 Å². The third-order valence-corrected chi connectivity index (χ3v) is 6.82. The van der Waals surface area contributed by atoms with Crippen LogP contribution in [-0.2, 0) is 21.4 Å². The molecule has 1 aliphatic rings. The first kappa shape index (κ1) is 23.1. The average Bonchev–Trinajstić information content (AvgIpc) is 2.76. The molecule has 0 unspecified atom stereocenters. The maximum absolute atomic E-state index is 12.5. The van der Waals surface area contributed by atoms with E-state index in [1.807, 2.05) is 24.3 Å². The molecule has 0 radical (unpaired) electrons. The van der Waals surface area contributed by atoms with Gasteiger partial charge in [-0.05, 0) is 60.6 Å². The first-order valence-electron chi connectivity index (χ1n) is 10.9. The SMILES string of the molecule is CC(C)c1ccc(N(CC(=O)NCc2ccc(N3CCCCC3)cc2)S(C)(=O)=O)cc1. The standard InChI is InChI=1S/C24H33N3O3S/c1-19(2)21-9-13-23(14-10-21)27(31(3,29)30)18-24(28)25-17-20-7-11-22(12-8-20)26-15-5-4-6-16-26/h7-14,19H,4-6,15-18H2,1-3H3,(H,25,28). The third kappa shape index (κ3) is 6.47. The van der Waals surface area contributed by atoms with Gasteiger partial charge in [-0.1, -0.05) is 38.1 Å². The number of benzene rings is 2. The van der Waals surface area contributed by atoms with Gasteiger partial charge in [0, 0.05) is 25.3 Å². The summed E-state index contributed by atoms with van der Waals surface area (Å²) in [5.41, 5.74) is 3.81. The van der Waals surface area contributed by atoms with E-state index in [1.54, 1.807) is 12.1 Å². The molecule has 0 spiro atoms. The first-order chi connectivity index (χ1) is 14.7. The lowest BCUT2D eigenvalue weighted by molar-refractivity contribution is -0.119. The van der Waals surface area contributed by atoms with Gasteiger partial charge in [0.15, 0.2) is 0 Å². The van der Waals surface area contributed by atoms with Crippen LogP contribution in [0.15, 0.2) is 48.5 Å². The molecule has 0 bridgehead atoms. The molecule has 1 N–H and O–H groups in total. The van der Waals surface area contributed by atoms with Crippen LogP contribution in [0.5, 0.6) is 0 Å². The van der Waals surface area contributed by atoms with E-state index < -0.39 is 10.0 Å². The van der Waals surface area contributed by atoms with Crippen molar-refractivity contribution >= 4 is 27.3 Å². The largest absolute Gasteiger partial charge is 0.372 e. The van der Waals surface area contributed by atoms with Gasteiger partial charge >= 0.3 is 0 Å².